The number of thioether (sulfide) groups is 1. The van der Waals surface area contributed by atoms with E-state index in [9.17, 15) is 4.79 Å². The number of nitrogens with zero attached hydrogens (tertiary/aromatic N) is 1. The molecule has 0 saturated heterocycles. The fourth-order valence-electron chi connectivity index (χ4n) is 1.40. The van der Waals surface area contributed by atoms with E-state index >= 15 is 0 Å². The fraction of sp³-hybridized carbons (Fsp3) is 0.0769. The molecule has 0 radical (unpaired) electrons. The zero-order valence-electron chi connectivity index (χ0n) is 9.97. The van der Waals surface area contributed by atoms with Crippen LogP contribution >= 0.6 is 23.4 Å². The number of amides is 1. The molecule has 19 heavy (non-hydrogen) atoms. The van der Waals surface area contributed by atoms with E-state index in [2.05, 4.69) is 10.3 Å². The van der Waals surface area contributed by atoms with Gasteiger partial charge in [-0.3, -0.25) is 4.79 Å². The van der Waals surface area contributed by atoms with E-state index in [1.54, 1.807) is 42.6 Å². The van der Waals surface area contributed by atoms with Crippen molar-refractivity contribution in [3.8, 4) is 0 Å². The zero-order valence-corrected chi connectivity index (χ0v) is 11.5. The van der Waals surface area contributed by atoms with Crippen molar-refractivity contribution in [2.75, 3.05) is 16.8 Å². The highest BCUT2D eigenvalue weighted by molar-refractivity contribution is 7.99. The molecule has 0 bridgehead atoms. The van der Waals surface area contributed by atoms with Gasteiger partial charge in [0.2, 0.25) is 5.91 Å². The topological polar surface area (TPSA) is 68.0 Å². The molecule has 0 atom stereocenters. The Kier molecular flexibility index (Phi) is 4.65. The van der Waals surface area contributed by atoms with Crippen LogP contribution < -0.4 is 11.1 Å². The van der Waals surface area contributed by atoms with Crippen LogP contribution in [0.15, 0.2) is 47.6 Å². The van der Waals surface area contributed by atoms with E-state index in [-0.39, 0.29) is 11.7 Å². The summed E-state index contributed by atoms with van der Waals surface area (Å²) < 4.78 is 0. The van der Waals surface area contributed by atoms with Gasteiger partial charge in [-0.25, -0.2) is 4.98 Å². The largest absolute Gasteiger partial charge is 0.399 e. The van der Waals surface area contributed by atoms with Gasteiger partial charge in [-0.2, -0.15) is 0 Å². The van der Waals surface area contributed by atoms with Crippen molar-refractivity contribution >= 4 is 40.6 Å². The molecule has 1 amide bonds. The van der Waals surface area contributed by atoms with Crippen molar-refractivity contribution < 1.29 is 4.79 Å². The number of nitrogens with two attached hydrogens (primary N) is 1. The molecule has 0 unspecified atom stereocenters. The van der Waals surface area contributed by atoms with Crippen molar-refractivity contribution in [2.45, 2.75) is 5.03 Å². The minimum absolute atomic E-state index is 0.104. The number of hydrogen-bond donors (Lipinski definition) is 2. The third kappa shape index (κ3) is 4.46. The van der Waals surface area contributed by atoms with Gasteiger partial charge >= 0.3 is 0 Å². The molecule has 0 saturated carbocycles. The number of nitrogens with one attached hydrogen (secondary N) is 1. The first-order valence-electron chi connectivity index (χ1n) is 5.53. The van der Waals surface area contributed by atoms with Crippen LogP contribution in [-0.4, -0.2) is 16.6 Å². The molecule has 6 heteroatoms. The first-order valence-corrected chi connectivity index (χ1v) is 6.89. The van der Waals surface area contributed by atoms with Gasteiger partial charge in [-0.05, 0) is 30.3 Å². The van der Waals surface area contributed by atoms with Gasteiger partial charge in [0.1, 0.15) is 0 Å². The van der Waals surface area contributed by atoms with Gasteiger partial charge in [-0.1, -0.05) is 29.4 Å². The molecular formula is C13H12ClN3OS. The predicted octanol–water partition coefficient (Wildman–Crippen LogP) is 3.05. The molecule has 3 N–H and O–H groups in total. The summed E-state index contributed by atoms with van der Waals surface area (Å²) in [6, 6.07) is 10.6. The Morgan fingerprint density at radius 3 is 2.89 bits per heavy atom. The van der Waals surface area contributed by atoms with Crippen LogP contribution in [0.25, 0.3) is 0 Å². The van der Waals surface area contributed by atoms with E-state index in [1.807, 2.05) is 0 Å². The number of hydrogen-bond acceptors (Lipinski definition) is 4. The summed E-state index contributed by atoms with van der Waals surface area (Å²) in [5, 5.41) is 4.10. The average molecular weight is 294 g/mol. The van der Waals surface area contributed by atoms with Gasteiger partial charge < -0.3 is 11.1 Å². The first kappa shape index (κ1) is 13.7. The van der Waals surface area contributed by atoms with Crippen LogP contribution in [0, 0.1) is 0 Å². The van der Waals surface area contributed by atoms with E-state index in [1.165, 1.54) is 11.8 Å². The Bertz CT molecular complexity index is 574. The summed E-state index contributed by atoms with van der Waals surface area (Å²) in [6.45, 7) is 0. The lowest BCUT2D eigenvalue weighted by Crippen LogP contribution is -2.14. The van der Waals surface area contributed by atoms with Crippen molar-refractivity contribution in [1.29, 1.82) is 0 Å². The Balaban J connectivity index is 1.86. The minimum Gasteiger partial charge on any atom is -0.399 e. The quantitative estimate of drug-likeness (QED) is 0.671. The number of carbonyl (C=O) groups excluding carboxylic acids is 1. The highest BCUT2D eigenvalue weighted by Crippen LogP contribution is 2.18. The van der Waals surface area contributed by atoms with Crippen LogP contribution in [0.3, 0.4) is 0 Å². The second-order valence-electron chi connectivity index (χ2n) is 3.78. The molecule has 0 aliphatic carbocycles. The van der Waals surface area contributed by atoms with Gasteiger partial charge in [-0.15, -0.1) is 0 Å². The lowest BCUT2D eigenvalue weighted by atomic mass is 10.3. The normalized spacial score (nSPS) is 10.2. The monoisotopic (exact) mass is 293 g/mol. The molecule has 0 aliphatic rings. The number of pyridine rings is 1. The summed E-state index contributed by atoms with van der Waals surface area (Å²) >= 11 is 7.08. The van der Waals surface area contributed by atoms with Crippen LogP contribution in [0.5, 0.6) is 0 Å². The molecule has 0 aliphatic heterocycles. The van der Waals surface area contributed by atoms with Crippen LogP contribution in [-0.2, 0) is 4.79 Å². The van der Waals surface area contributed by atoms with Gasteiger partial charge in [0.25, 0.3) is 0 Å². The van der Waals surface area contributed by atoms with E-state index in [0.29, 0.717) is 16.4 Å². The van der Waals surface area contributed by atoms with E-state index in [4.69, 9.17) is 17.3 Å². The third-order valence-corrected chi connectivity index (χ3v) is 3.39. The van der Waals surface area contributed by atoms with Crippen molar-refractivity contribution in [3.05, 3.63) is 47.6 Å². The number of anilines is 2. The molecule has 98 valence electrons. The molecular weight excluding hydrogens is 282 g/mol. The van der Waals surface area contributed by atoms with E-state index in [0.717, 1.165) is 5.03 Å². The van der Waals surface area contributed by atoms with Crippen LogP contribution in [0.2, 0.25) is 5.02 Å². The first-order chi connectivity index (χ1) is 9.13. The molecule has 0 fully saturated rings. The average Bonchev–Trinajstić information content (AvgIpc) is 2.38. The van der Waals surface area contributed by atoms with Gasteiger partial charge in [0, 0.05) is 17.6 Å². The van der Waals surface area contributed by atoms with Crippen LogP contribution in [0.1, 0.15) is 0 Å². The number of nitrogen functional groups attached to an aromatic ring is 1. The second kappa shape index (κ2) is 6.45. The number of carbonyl (C=O) groups is 1. The molecule has 1 aromatic heterocycles. The molecule has 1 aromatic carbocycles. The molecule has 4 nitrogen and oxygen atoms in total. The summed E-state index contributed by atoms with van der Waals surface area (Å²) in [5.41, 5.74) is 6.94. The van der Waals surface area contributed by atoms with Crippen molar-refractivity contribution in [2.24, 2.45) is 0 Å². The number of halogens is 1. The summed E-state index contributed by atoms with van der Waals surface area (Å²) in [6.07, 6.45) is 1.56. The number of benzene rings is 1. The van der Waals surface area contributed by atoms with Gasteiger partial charge in [0.15, 0.2) is 0 Å². The van der Waals surface area contributed by atoms with E-state index < -0.39 is 0 Å². The molecule has 2 rings (SSSR count). The lowest BCUT2D eigenvalue weighted by molar-refractivity contribution is -0.113. The Morgan fingerprint density at radius 2 is 2.21 bits per heavy atom. The van der Waals surface area contributed by atoms with Crippen LogP contribution in [0.4, 0.5) is 11.4 Å². The Labute approximate surface area is 120 Å². The molecule has 2 aromatic rings. The highest BCUT2D eigenvalue weighted by Gasteiger charge is 2.04. The zero-order chi connectivity index (χ0) is 13.7. The SMILES string of the molecule is Nc1cccc(NC(=O)CSc2ccc(Cl)cn2)c1. The molecule has 0 spiro atoms. The standard InChI is InChI=1S/C13H12ClN3OS/c14-9-4-5-13(16-7-9)19-8-12(18)17-11-3-1-2-10(15)6-11/h1-7H,8,15H2,(H,17,18). The lowest BCUT2D eigenvalue weighted by Gasteiger charge is -2.05. The Morgan fingerprint density at radius 1 is 1.37 bits per heavy atom. The second-order valence-corrected chi connectivity index (χ2v) is 5.21. The number of rotatable bonds is 4. The number of aromatic nitrogens is 1. The summed E-state index contributed by atoms with van der Waals surface area (Å²) in [7, 11) is 0. The maximum Gasteiger partial charge on any atom is 0.234 e. The van der Waals surface area contributed by atoms with Crippen molar-refractivity contribution in [1.82, 2.24) is 4.98 Å². The smallest absolute Gasteiger partial charge is 0.234 e. The van der Waals surface area contributed by atoms with Gasteiger partial charge in [0.05, 0.1) is 15.8 Å². The summed E-state index contributed by atoms with van der Waals surface area (Å²) in [5.74, 6) is 0.177. The highest BCUT2D eigenvalue weighted by atomic mass is 35.5. The fourth-order valence-corrected chi connectivity index (χ4v) is 2.16. The van der Waals surface area contributed by atoms with Crippen molar-refractivity contribution in [3.63, 3.8) is 0 Å². The Hall–Kier alpha value is -1.72. The predicted molar refractivity (Wildman–Crippen MR) is 79.5 cm³/mol. The summed E-state index contributed by atoms with van der Waals surface area (Å²) in [4.78, 5) is 15.8. The third-order valence-electron chi connectivity index (χ3n) is 2.22. The minimum atomic E-state index is -0.104. The molecule has 1 heterocycles. The maximum absolute atomic E-state index is 11.7. The maximum atomic E-state index is 11.7.